The van der Waals surface area contributed by atoms with Crippen LogP contribution in [0.25, 0.3) is 10.2 Å². The van der Waals surface area contributed by atoms with Crippen molar-refractivity contribution in [2.45, 2.75) is 50.8 Å². The highest BCUT2D eigenvalue weighted by atomic mass is 35.5. The quantitative estimate of drug-likeness (QED) is 0.243. The van der Waals surface area contributed by atoms with Crippen molar-refractivity contribution in [2.75, 3.05) is 5.32 Å². The Morgan fingerprint density at radius 2 is 1.88 bits per heavy atom. The Hall–Kier alpha value is -3.70. The molecule has 1 atom stereocenters. The summed E-state index contributed by atoms with van der Waals surface area (Å²) in [6, 6.07) is 10.9. The minimum absolute atomic E-state index is 0.0467. The van der Waals surface area contributed by atoms with Crippen molar-refractivity contribution in [3.05, 3.63) is 91.3 Å². The van der Waals surface area contributed by atoms with Crippen LogP contribution in [0.15, 0.2) is 53.3 Å². The number of esters is 1. The lowest BCUT2D eigenvalue weighted by molar-refractivity contribution is -0.154. The number of aromatic nitrogens is 2. The number of fused-ring (bicyclic) bond motifs is 3. The Labute approximate surface area is 235 Å². The third-order valence-corrected chi connectivity index (χ3v) is 8.00. The van der Waals surface area contributed by atoms with Gasteiger partial charge in [0, 0.05) is 21.9 Å². The number of aryl methyl sites for hydroxylation is 3. The van der Waals surface area contributed by atoms with E-state index in [-0.39, 0.29) is 29.0 Å². The molecule has 1 aliphatic carbocycles. The van der Waals surface area contributed by atoms with Gasteiger partial charge in [-0.25, -0.2) is 4.98 Å². The van der Waals surface area contributed by atoms with Crippen molar-refractivity contribution < 1.29 is 27.5 Å². The van der Waals surface area contributed by atoms with Gasteiger partial charge in [0.15, 0.2) is 0 Å². The Morgan fingerprint density at radius 1 is 1.12 bits per heavy atom. The van der Waals surface area contributed by atoms with E-state index in [9.17, 15) is 27.6 Å². The number of anilines is 1. The molecule has 0 saturated carbocycles. The van der Waals surface area contributed by atoms with Crippen LogP contribution in [-0.4, -0.2) is 21.8 Å². The molecule has 0 unspecified atom stereocenters. The molecule has 1 aliphatic rings. The second kappa shape index (κ2) is 11.4. The molecule has 5 rings (SSSR count). The number of hydrogen-bond acceptors (Lipinski definition) is 6. The van der Waals surface area contributed by atoms with Crippen molar-refractivity contribution in [3.8, 4) is 0 Å². The largest absolute Gasteiger partial charge is 0.447 e. The summed E-state index contributed by atoms with van der Waals surface area (Å²) < 4.78 is 46.1. The molecule has 0 radical (unpaired) electrons. The first-order valence-electron chi connectivity index (χ1n) is 12.6. The van der Waals surface area contributed by atoms with Crippen LogP contribution in [0.5, 0.6) is 0 Å². The normalized spacial score (nSPS) is 14.0. The number of carbonyl (C=O) groups is 2. The summed E-state index contributed by atoms with van der Waals surface area (Å²) in [6.07, 6.45) is -2.62. The standard InChI is InChI=1S/C28H23ClF3N3O4S/c29-16-10-11-19(18(14-16)28(30,31)32)33-26(38)24(15-6-2-1-3-7-15)39-22(36)13-12-21-34-25(37)23-17-8-4-5-9-20(17)40-27(23)35-21/h1-3,6-7,10-11,14,24H,4-5,8-9,12-13H2,(H,33,38)(H,34,35,37)/t24-/m0/s1. The number of H-pyrrole nitrogens is 1. The number of amides is 1. The van der Waals surface area contributed by atoms with E-state index in [0.717, 1.165) is 37.3 Å². The molecule has 208 valence electrons. The predicted octanol–water partition coefficient (Wildman–Crippen LogP) is 6.39. The molecule has 1 amide bonds. The second-order valence-electron chi connectivity index (χ2n) is 9.36. The van der Waals surface area contributed by atoms with Gasteiger partial charge in [0.1, 0.15) is 10.7 Å². The van der Waals surface area contributed by atoms with Crippen LogP contribution in [0, 0.1) is 0 Å². The van der Waals surface area contributed by atoms with E-state index in [2.05, 4.69) is 15.3 Å². The first-order chi connectivity index (χ1) is 19.1. The van der Waals surface area contributed by atoms with Gasteiger partial charge in [-0.1, -0.05) is 41.9 Å². The van der Waals surface area contributed by atoms with Crippen LogP contribution in [0.4, 0.5) is 18.9 Å². The number of ether oxygens (including phenoxy) is 1. The van der Waals surface area contributed by atoms with Gasteiger partial charge in [-0.15, -0.1) is 11.3 Å². The monoisotopic (exact) mass is 589 g/mol. The lowest BCUT2D eigenvalue weighted by atomic mass is 9.97. The van der Waals surface area contributed by atoms with Crippen molar-refractivity contribution in [1.29, 1.82) is 0 Å². The predicted molar refractivity (Wildman–Crippen MR) is 146 cm³/mol. The highest BCUT2D eigenvalue weighted by molar-refractivity contribution is 7.18. The number of carbonyl (C=O) groups excluding carboxylic acids is 2. The molecule has 0 bridgehead atoms. The molecule has 12 heteroatoms. The third-order valence-electron chi connectivity index (χ3n) is 6.57. The fraction of sp³-hybridized carbons (Fsp3) is 0.286. The van der Waals surface area contributed by atoms with E-state index >= 15 is 0 Å². The maximum Gasteiger partial charge on any atom is 0.418 e. The lowest BCUT2D eigenvalue weighted by Crippen LogP contribution is -2.27. The molecule has 7 nitrogen and oxygen atoms in total. The molecular formula is C28H23ClF3N3O4S. The first kappa shape index (κ1) is 27.9. The van der Waals surface area contributed by atoms with E-state index in [1.165, 1.54) is 34.4 Å². The van der Waals surface area contributed by atoms with E-state index < -0.39 is 35.4 Å². The van der Waals surface area contributed by atoms with Crippen LogP contribution in [0.3, 0.4) is 0 Å². The Morgan fingerprint density at radius 3 is 2.62 bits per heavy atom. The van der Waals surface area contributed by atoms with Gasteiger partial charge in [0.05, 0.1) is 23.1 Å². The van der Waals surface area contributed by atoms with Crippen LogP contribution >= 0.6 is 22.9 Å². The number of alkyl halides is 3. The minimum Gasteiger partial charge on any atom is -0.447 e. The van der Waals surface area contributed by atoms with Crippen LogP contribution in [-0.2, 0) is 39.8 Å². The molecular weight excluding hydrogens is 567 g/mol. The zero-order valence-corrected chi connectivity index (χ0v) is 22.5. The summed E-state index contributed by atoms with van der Waals surface area (Å²) in [5.41, 5.74) is -0.581. The topological polar surface area (TPSA) is 101 Å². The molecule has 0 saturated heterocycles. The zero-order valence-electron chi connectivity index (χ0n) is 20.9. The number of nitrogens with zero attached hydrogens (tertiary/aromatic N) is 1. The number of halogens is 4. The van der Waals surface area contributed by atoms with Gasteiger partial charge >= 0.3 is 12.1 Å². The average Bonchev–Trinajstić information content (AvgIpc) is 3.30. The van der Waals surface area contributed by atoms with E-state index in [0.29, 0.717) is 22.1 Å². The summed E-state index contributed by atoms with van der Waals surface area (Å²) >= 11 is 7.22. The summed E-state index contributed by atoms with van der Waals surface area (Å²) in [5, 5.41) is 2.67. The molecule has 0 spiro atoms. The van der Waals surface area contributed by atoms with Crippen LogP contribution in [0.1, 0.15) is 52.8 Å². The smallest absolute Gasteiger partial charge is 0.418 e. The van der Waals surface area contributed by atoms with Gasteiger partial charge in [-0.05, 0) is 49.4 Å². The number of hydrogen-bond donors (Lipinski definition) is 2. The molecule has 2 N–H and O–H groups in total. The number of nitrogens with one attached hydrogen (secondary N) is 2. The van der Waals surface area contributed by atoms with Gasteiger partial charge < -0.3 is 15.0 Å². The summed E-state index contributed by atoms with van der Waals surface area (Å²) in [6.45, 7) is 0. The van der Waals surface area contributed by atoms with Gasteiger partial charge in [-0.2, -0.15) is 13.2 Å². The summed E-state index contributed by atoms with van der Waals surface area (Å²) in [5.74, 6) is -1.45. The Bertz CT molecular complexity index is 1640. The highest BCUT2D eigenvalue weighted by Gasteiger charge is 2.35. The number of rotatable bonds is 7. The Balaban J connectivity index is 1.33. The molecule has 2 heterocycles. The minimum atomic E-state index is -4.78. The van der Waals surface area contributed by atoms with Crippen molar-refractivity contribution >= 4 is 50.7 Å². The first-order valence-corrected chi connectivity index (χ1v) is 13.7. The van der Waals surface area contributed by atoms with Crippen LogP contribution in [0.2, 0.25) is 5.02 Å². The average molecular weight is 590 g/mol. The molecule has 40 heavy (non-hydrogen) atoms. The van der Waals surface area contributed by atoms with Crippen molar-refractivity contribution in [3.63, 3.8) is 0 Å². The molecule has 2 aromatic heterocycles. The number of benzene rings is 2. The third kappa shape index (κ3) is 6.05. The lowest BCUT2D eigenvalue weighted by Gasteiger charge is -2.20. The fourth-order valence-electron chi connectivity index (χ4n) is 4.70. The maximum absolute atomic E-state index is 13.5. The van der Waals surface area contributed by atoms with Gasteiger partial charge in [0.25, 0.3) is 11.5 Å². The second-order valence-corrected chi connectivity index (χ2v) is 10.9. The molecule has 0 fully saturated rings. The molecule has 4 aromatic rings. The van der Waals surface area contributed by atoms with Crippen molar-refractivity contribution in [1.82, 2.24) is 9.97 Å². The maximum atomic E-state index is 13.5. The Kier molecular flexibility index (Phi) is 7.95. The summed E-state index contributed by atoms with van der Waals surface area (Å²) in [7, 11) is 0. The fourth-order valence-corrected chi connectivity index (χ4v) is 6.15. The SMILES string of the molecule is O=C(CCc1nc2sc3c(c2c(=O)[nH]1)CCCC3)O[C@H](C(=O)Nc1ccc(Cl)cc1C(F)(F)F)c1ccccc1. The highest BCUT2D eigenvalue weighted by Crippen LogP contribution is 2.37. The van der Waals surface area contributed by atoms with Gasteiger partial charge in [0.2, 0.25) is 6.10 Å². The number of thiophene rings is 1. The van der Waals surface area contributed by atoms with E-state index in [4.69, 9.17) is 16.3 Å². The van der Waals surface area contributed by atoms with Crippen molar-refractivity contribution in [2.24, 2.45) is 0 Å². The summed E-state index contributed by atoms with van der Waals surface area (Å²) in [4.78, 5) is 47.8. The van der Waals surface area contributed by atoms with E-state index in [1.807, 2.05) is 0 Å². The number of aromatic amines is 1. The zero-order chi connectivity index (χ0) is 28.4. The van der Waals surface area contributed by atoms with Crippen LogP contribution < -0.4 is 10.9 Å². The van der Waals surface area contributed by atoms with E-state index in [1.54, 1.807) is 18.2 Å². The molecule has 2 aromatic carbocycles. The molecule has 0 aliphatic heterocycles. The van der Waals surface area contributed by atoms with Gasteiger partial charge in [-0.3, -0.25) is 14.4 Å².